The van der Waals surface area contributed by atoms with Gasteiger partial charge in [-0.3, -0.25) is 4.79 Å². The Kier molecular flexibility index (Phi) is 4.42. The average Bonchev–Trinajstić information content (AvgIpc) is 3.38. The predicted molar refractivity (Wildman–Crippen MR) is 80.7 cm³/mol. The van der Waals surface area contributed by atoms with Crippen LogP contribution in [0.3, 0.4) is 0 Å². The molecule has 2 heterocycles. The number of ether oxygens (including phenoxy) is 1. The lowest BCUT2D eigenvalue weighted by atomic mass is 9.91. The molecule has 1 aliphatic heterocycles. The topological polar surface area (TPSA) is 87.6 Å². The minimum Gasteiger partial charge on any atom is -0.481 e. The van der Waals surface area contributed by atoms with E-state index in [9.17, 15) is 9.90 Å². The van der Waals surface area contributed by atoms with Gasteiger partial charge in [0.25, 0.3) is 0 Å². The summed E-state index contributed by atoms with van der Waals surface area (Å²) in [5, 5.41) is 13.0. The fourth-order valence-electron chi connectivity index (χ4n) is 2.74. The van der Waals surface area contributed by atoms with Gasteiger partial charge >= 0.3 is 0 Å². The number of nitrogens with zero attached hydrogens (tertiary/aromatic N) is 3. The van der Waals surface area contributed by atoms with Crippen LogP contribution in [0.15, 0.2) is 12.3 Å². The summed E-state index contributed by atoms with van der Waals surface area (Å²) in [5.74, 6) is 0.949. The first-order chi connectivity index (χ1) is 10.7. The summed E-state index contributed by atoms with van der Waals surface area (Å²) in [4.78, 5) is 22.5. The first-order valence-corrected chi connectivity index (χ1v) is 7.78. The lowest BCUT2D eigenvalue weighted by Crippen LogP contribution is -2.45. The van der Waals surface area contributed by atoms with Gasteiger partial charge in [0.1, 0.15) is 6.10 Å². The van der Waals surface area contributed by atoms with Gasteiger partial charge in [-0.2, -0.15) is 4.98 Å². The highest BCUT2D eigenvalue weighted by Gasteiger charge is 2.33. The zero-order chi connectivity index (χ0) is 15.5. The van der Waals surface area contributed by atoms with Crippen LogP contribution < -0.4 is 15.0 Å². The molecule has 1 aromatic rings. The molecule has 2 aliphatic rings. The van der Waals surface area contributed by atoms with Gasteiger partial charge in [0.2, 0.25) is 17.7 Å². The monoisotopic (exact) mass is 306 g/mol. The zero-order valence-electron chi connectivity index (χ0n) is 12.7. The molecule has 0 aromatic carbocycles. The molecule has 2 N–H and O–H groups in total. The summed E-state index contributed by atoms with van der Waals surface area (Å²) >= 11 is 0. The normalized spacial score (nSPS) is 20.5. The molecular formula is C15H22N4O3. The second kappa shape index (κ2) is 6.48. The molecule has 1 amide bonds. The van der Waals surface area contributed by atoms with Gasteiger partial charge in [-0.1, -0.05) is 0 Å². The molecule has 0 unspecified atom stereocenters. The first kappa shape index (κ1) is 15.0. The first-order valence-electron chi connectivity index (χ1n) is 7.78. The van der Waals surface area contributed by atoms with Crippen LogP contribution in [0.2, 0.25) is 0 Å². The highest BCUT2D eigenvalue weighted by Crippen LogP contribution is 2.25. The number of aliphatic hydroxyl groups excluding tert-OH is 1. The van der Waals surface area contributed by atoms with Crippen molar-refractivity contribution in [1.82, 2.24) is 15.3 Å². The third-order valence-corrected chi connectivity index (χ3v) is 4.29. The van der Waals surface area contributed by atoms with E-state index < -0.39 is 6.10 Å². The Morgan fingerprint density at radius 1 is 1.41 bits per heavy atom. The van der Waals surface area contributed by atoms with Crippen molar-refractivity contribution in [3.63, 3.8) is 0 Å². The van der Waals surface area contributed by atoms with E-state index in [0.717, 1.165) is 38.8 Å². The molecule has 1 atom stereocenters. The molecule has 22 heavy (non-hydrogen) atoms. The van der Waals surface area contributed by atoms with Crippen LogP contribution >= 0.6 is 0 Å². The summed E-state index contributed by atoms with van der Waals surface area (Å²) in [7, 11) is 1.58. The molecule has 7 nitrogen and oxygen atoms in total. The molecule has 0 radical (unpaired) electrons. The Hall–Kier alpha value is -1.89. The van der Waals surface area contributed by atoms with E-state index in [-0.39, 0.29) is 17.9 Å². The number of nitrogens with one attached hydrogen (secondary N) is 1. The van der Waals surface area contributed by atoms with E-state index in [1.807, 2.05) is 0 Å². The van der Waals surface area contributed by atoms with Crippen molar-refractivity contribution in [2.45, 2.75) is 37.8 Å². The number of rotatable bonds is 5. The quantitative estimate of drug-likeness (QED) is 0.816. The Labute approximate surface area is 129 Å². The van der Waals surface area contributed by atoms with E-state index in [1.165, 1.54) is 0 Å². The summed E-state index contributed by atoms with van der Waals surface area (Å²) in [6.45, 7) is 1.46. The van der Waals surface area contributed by atoms with Crippen molar-refractivity contribution in [2.75, 3.05) is 25.1 Å². The van der Waals surface area contributed by atoms with Crippen LogP contribution in [0, 0.1) is 5.92 Å². The minimum absolute atomic E-state index is 0.000563. The molecule has 2 fully saturated rings. The zero-order valence-corrected chi connectivity index (χ0v) is 12.7. The highest BCUT2D eigenvalue weighted by atomic mass is 16.5. The maximum Gasteiger partial charge on any atom is 0.249 e. The van der Waals surface area contributed by atoms with Gasteiger partial charge in [0.15, 0.2) is 0 Å². The van der Waals surface area contributed by atoms with Gasteiger partial charge < -0.3 is 20.1 Å². The van der Waals surface area contributed by atoms with Crippen molar-refractivity contribution in [2.24, 2.45) is 5.92 Å². The number of amides is 1. The average molecular weight is 306 g/mol. The molecule has 1 aliphatic carbocycles. The third-order valence-electron chi connectivity index (χ3n) is 4.29. The van der Waals surface area contributed by atoms with Gasteiger partial charge in [-0.25, -0.2) is 4.98 Å². The van der Waals surface area contributed by atoms with E-state index in [0.29, 0.717) is 11.8 Å². The summed E-state index contributed by atoms with van der Waals surface area (Å²) < 4.78 is 5.11. The lowest BCUT2D eigenvalue weighted by molar-refractivity contribution is -0.132. The third kappa shape index (κ3) is 3.47. The van der Waals surface area contributed by atoms with Crippen molar-refractivity contribution < 1.29 is 14.6 Å². The Morgan fingerprint density at radius 3 is 2.77 bits per heavy atom. The molecule has 0 spiro atoms. The lowest BCUT2D eigenvalue weighted by Gasteiger charge is -2.33. The van der Waals surface area contributed by atoms with Crippen molar-refractivity contribution in [3.8, 4) is 5.88 Å². The number of aromatic nitrogens is 2. The van der Waals surface area contributed by atoms with Gasteiger partial charge in [-0.15, -0.1) is 0 Å². The smallest absolute Gasteiger partial charge is 0.249 e. The molecule has 0 bridgehead atoms. The molecular weight excluding hydrogens is 284 g/mol. The minimum atomic E-state index is -0.908. The largest absolute Gasteiger partial charge is 0.481 e. The second-order valence-corrected chi connectivity index (χ2v) is 5.95. The molecule has 1 aromatic heterocycles. The van der Waals surface area contributed by atoms with Gasteiger partial charge in [-0.05, 0) is 31.6 Å². The van der Waals surface area contributed by atoms with Crippen LogP contribution in [0.4, 0.5) is 5.95 Å². The Balaban J connectivity index is 1.53. The molecule has 3 rings (SSSR count). The van der Waals surface area contributed by atoms with E-state index >= 15 is 0 Å². The summed E-state index contributed by atoms with van der Waals surface area (Å²) in [5.41, 5.74) is 0. The number of aliphatic hydroxyl groups is 1. The van der Waals surface area contributed by atoms with Gasteiger partial charge in [0.05, 0.1) is 7.11 Å². The predicted octanol–water partition coefficient (Wildman–Crippen LogP) is 0.341. The van der Waals surface area contributed by atoms with Crippen LogP contribution in [0.25, 0.3) is 0 Å². The van der Waals surface area contributed by atoms with Crippen molar-refractivity contribution >= 4 is 11.9 Å². The Bertz CT molecular complexity index is 527. The summed E-state index contributed by atoms with van der Waals surface area (Å²) in [6.07, 6.45) is 4.33. The SMILES string of the molecule is COc1ccnc(N2CCC([C@@H](O)C(=O)NC3CC3)CC2)n1. The van der Waals surface area contributed by atoms with E-state index in [1.54, 1.807) is 19.4 Å². The molecule has 1 saturated heterocycles. The van der Waals surface area contributed by atoms with Crippen molar-refractivity contribution in [1.29, 1.82) is 0 Å². The molecule has 7 heteroatoms. The fourth-order valence-corrected chi connectivity index (χ4v) is 2.74. The van der Waals surface area contributed by atoms with E-state index in [2.05, 4.69) is 20.2 Å². The maximum atomic E-state index is 11.9. The Morgan fingerprint density at radius 2 is 2.14 bits per heavy atom. The van der Waals surface area contributed by atoms with Crippen LogP contribution in [0.1, 0.15) is 25.7 Å². The number of hydrogen-bond donors (Lipinski definition) is 2. The van der Waals surface area contributed by atoms with Gasteiger partial charge in [0, 0.05) is 31.4 Å². The number of anilines is 1. The van der Waals surface area contributed by atoms with Crippen LogP contribution in [-0.4, -0.2) is 53.3 Å². The fraction of sp³-hybridized carbons (Fsp3) is 0.667. The number of piperidine rings is 1. The molecule has 1 saturated carbocycles. The van der Waals surface area contributed by atoms with E-state index in [4.69, 9.17) is 4.74 Å². The number of methoxy groups -OCH3 is 1. The number of carbonyl (C=O) groups is 1. The van der Waals surface area contributed by atoms with Crippen LogP contribution in [0.5, 0.6) is 5.88 Å². The number of carbonyl (C=O) groups excluding carboxylic acids is 1. The number of hydrogen-bond acceptors (Lipinski definition) is 6. The molecule has 120 valence electrons. The summed E-state index contributed by atoms with van der Waals surface area (Å²) in [6, 6.07) is 2.00. The van der Waals surface area contributed by atoms with Crippen molar-refractivity contribution in [3.05, 3.63) is 12.3 Å². The second-order valence-electron chi connectivity index (χ2n) is 5.95. The standard InChI is InChI=1S/C15H22N4O3/c1-22-12-4-7-16-15(18-12)19-8-5-10(6-9-19)13(20)14(21)17-11-2-3-11/h4,7,10-11,13,20H,2-3,5-6,8-9H2,1H3,(H,17,21)/t13-/m1/s1. The maximum absolute atomic E-state index is 11.9. The highest BCUT2D eigenvalue weighted by molar-refractivity contribution is 5.81. The van der Waals surface area contributed by atoms with Crippen LogP contribution in [-0.2, 0) is 4.79 Å².